The van der Waals surface area contributed by atoms with E-state index in [-0.39, 0.29) is 5.91 Å². The zero-order valence-electron chi connectivity index (χ0n) is 15.1. The molecule has 25 heavy (non-hydrogen) atoms. The minimum atomic E-state index is -0.0481. The molecule has 1 aromatic heterocycles. The van der Waals surface area contributed by atoms with Crippen LogP contribution in [0.5, 0.6) is 0 Å². The minimum Gasteiger partial charge on any atom is -0.351 e. The third-order valence-corrected chi connectivity index (χ3v) is 4.68. The Hall–Kier alpha value is -2.14. The first-order valence-electron chi connectivity index (χ1n) is 9.37. The minimum absolute atomic E-state index is 0.0481. The standard InChI is InChI=1S/C20H28N4O/c1-2-3-4-8-12-21-20(25)19-14-18-11-13-23(16-24(18)22-19)15-17-9-6-5-7-10-17/h5-7,9-10,14H,2-4,8,11-13,15-16H2,1H3,(H,21,25). The van der Waals surface area contributed by atoms with Crippen LogP contribution in [-0.4, -0.2) is 33.7 Å². The van der Waals surface area contributed by atoms with E-state index in [0.29, 0.717) is 5.69 Å². The third-order valence-electron chi connectivity index (χ3n) is 4.68. The number of amides is 1. The smallest absolute Gasteiger partial charge is 0.271 e. The van der Waals surface area contributed by atoms with Gasteiger partial charge in [-0.2, -0.15) is 5.10 Å². The molecule has 3 rings (SSSR count). The summed E-state index contributed by atoms with van der Waals surface area (Å²) in [6.45, 7) is 5.59. The molecule has 0 fully saturated rings. The molecule has 0 saturated heterocycles. The SMILES string of the molecule is CCCCCCNC(=O)c1cc2n(n1)CN(Cc1ccccc1)CC2. The van der Waals surface area contributed by atoms with Crippen molar-refractivity contribution in [2.24, 2.45) is 0 Å². The van der Waals surface area contributed by atoms with Crippen LogP contribution in [0, 0.1) is 0 Å². The monoisotopic (exact) mass is 340 g/mol. The molecule has 0 bridgehead atoms. The molecular weight excluding hydrogens is 312 g/mol. The van der Waals surface area contributed by atoms with Crippen molar-refractivity contribution >= 4 is 5.91 Å². The van der Waals surface area contributed by atoms with Gasteiger partial charge in [0.05, 0.1) is 6.67 Å². The van der Waals surface area contributed by atoms with Gasteiger partial charge in [0.15, 0.2) is 0 Å². The largest absolute Gasteiger partial charge is 0.351 e. The summed E-state index contributed by atoms with van der Waals surface area (Å²) in [7, 11) is 0. The topological polar surface area (TPSA) is 50.2 Å². The molecule has 2 heterocycles. The van der Waals surface area contributed by atoms with E-state index in [4.69, 9.17) is 0 Å². The molecule has 5 nitrogen and oxygen atoms in total. The van der Waals surface area contributed by atoms with Crippen molar-refractivity contribution in [2.45, 2.75) is 52.2 Å². The molecule has 1 aliphatic heterocycles. The molecule has 0 unspecified atom stereocenters. The number of rotatable bonds is 8. The molecule has 1 amide bonds. The highest BCUT2D eigenvalue weighted by molar-refractivity contribution is 5.92. The Morgan fingerprint density at radius 1 is 1.20 bits per heavy atom. The number of carbonyl (C=O) groups is 1. The van der Waals surface area contributed by atoms with Gasteiger partial charge >= 0.3 is 0 Å². The normalized spacial score (nSPS) is 14.3. The summed E-state index contributed by atoms with van der Waals surface area (Å²) in [6.07, 6.45) is 5.58. The zero-order chi connectivity index (χ0) is 17.5. The van der Waals surface area contributed by atoms with Gasteiger partial charge in [0.1, 0.15) is 5.69 Å². The van der Waals surface area contributed by atoms with Crippen molar-refractivity contribution in [1.82, 2.24) is 20.0 Å². The van der Waals surface area contributed by atoms with Crippen LogP contribution in [0.25, 0.3) is 0 Å². The van der Waals surface area contributed by atoms with Crippen molar-refractivity contribution in [3.05, 3.63) is 53.3 Å². The maximum absolute atomic E-state index is 12.3. The molecule has 0 saturated carbocycles. The molecule has 5 heteroatoms. The average Bonchev–Trinajstić information content (AvgIpc) is 3.06. The summed E-state index contributed by atoms with van der Waals surface area (Å²) in [5.41, 5.74) is 3.01. The van der Waals surface area contributed by atoms with E-state index in [0.717, 1.165) is 44.8 Å². The van der Waals surface area contributed by atoms with E-state index in [9.17, 15) is 4.79 Å². The first-order chi connectivity index (χ1) is 12.3. The molecule has 0 aliphatic carbocycles. The summed E-state index contributed by atoms with van der Waals surface area (Å²) < 4.78 is 1.97. The molecule has 1 aromatic carbocycles. The predicted molar refractivity (Wildman–Crippen MR) is 99.3 cm³/mol. The van der Waals surface area contributed by atoms with Crippen molar-refractivity contribution in [2.75, 3.05) is 13.1 Å². The molecular formula is C20H28N4O. The summed E-state index contributed by atoms with van der Waals surface area (Å²) in [5.74, 6) is -0.0481. The number of carbonyl (C=O) groups excluding carboxylic acids is 1. The summed E-state index contributed by atoms with van der Waals surface area (Å²) in [4.78, 5) is 14.6. The van der Waals surface area contributed by atoms with Gasteiger partial charge in [-0.25, -0.2) is 0 Å². The van der Waals surface area contributed by atoms with E-state index in [1.807, 2.05) is 16.8 Å². The van der Waals surface area contributed by atoms with Gasteiger partial charge in [-0.05, 0) is 18.1 Å². The van der Waals surface area contributed by atoms with Crippen LogP contribution in [0.2, 0.25) is 0 Å². The van der Waals surface area contributed by atoms with Crippen LogP contribution in [0.15, 0.2) is 36.4 Å². The second-order valence-corrected chi connectivity index (χ2v) is 6.77. The highest BCUT2D eigenvalue weighted by Gasteiger charge is 2.20. The second kappa shape index (κ2) is 8.81. The molecule has 1 aliphatic rings. The average molecular weight is 340 g/mol. The lowest BCUT2D eigenvalue weighted by Gasteiger charge is -2.27. The van der Waals surface area contributed by atoms with Crippen LogP contribution in [0.3, 0.4) is 0 Å². The van der Waals surface area contributed by atoms with E-state index < -0.39 is 0 Å². The predicted octanol–water partition coefficient (Wildman–Crippen LogP) is 3.21. The fourth-order valence-electron chi connectivity index (χ4n) is 3.24. The Morgan fingerprint density at radius 2 is 2.04 bits per heavy atom. The highest BCUT2D eigenvalue weighted by Crippen LogP contribution is 2.15. The van der Waals surface area contributed by atoms with Crippen LogP contribution in [0.4, 0.5) is 0 Å². The Morgan fingerprint density at radius 3 is 2.84 bits per heavy atom. The molecule has 0 radical (unpaired) electrons. The van der Waals surface area contributed by atoms with E-state index >= 15 is 0 Å². The fraction of sp³-hybridized carbons (Fsp3) is 0.500. The number of hydrogen-bond donors (Lipinski definition) is 1. The number of benzene rings is 1. The lowest BCUT2D eigenvalue weighted by atomic mass is 10.2. The number of nitrogens with one attached hydrogen (secondary N) is 1. The summed E-state index contributed by atoms with van der Waals surface area (Å²) in [5, 5.41) is 7.51. The molecule has 1 N–H and O–H groups in total. The van der Waals surface area contributed by atoms with Gasteiger partial charge in [-0.15, -0.1) is 0 Å². The van der Waals surface area contributed by atoms with Crippen molar-refractivity contribution in [3.8, 4) is 0 Å². The lowest BCUT2D eigenvalue weighted by molar-refractivity contribution is 0.0945. The van der Waals surface area contributed by atoms with E-state index in [1.165, 1.54) is 24.8 Å². The lowest BCUT2D eigenvalue weighted by Crippen LogP contribution is -2.34. The number of nitrogens with zero attached hydrogens (tertiary/aromatic N) is 3. The zero-order valence-corrected chi connectivity index (χ0v) is 15.1. The number of unbranched alkanes of at least 4 members (excludes halogenated alkanes) is 3. The third kappa shape index (κ3) is 4.92. The van der Waals surface area contributed by atoms with Crippen molar-refractivity contribution < 1.29 is 4.79 Å². The van der Waals surface area contributed by atoms with Gasteiger partial charge in [-0.3, -0.25) is 14.4 Å². The van der Waals surface area contributed by atoms with Crippen LogP contribution < -0.4 is 5.32 Å². The number of fused-ring (bicyclic) bond motifs is 1. The Balaban J connectivity index is 1.52. The van der Waals surface area contributed by atoms with Crippen LogP contribution in [0.1, 0.15) is 54.4 Å². The molecule has 134 valence electrons. The molecule has 0 spiro atoms. The maximum Gasteiger partial charge on any atom is 0.271 e. The first-order valence-corrected chi connectivity index (χ1v) is 9.37. The van der Waals surface area contributed by atoms with Crippen LogP contribution >= 0.6 is 0 Å². The van der Waals surface area contributed by atoms with Crippen molar-refractivity contribution in [3.63, 3.8) is 0 Å². The fourth-order valence-corrected chi connectivity index (χ4v) is 3.24. The molecule has 2 aromatic rings. The molecule has 0 atom stereocenters. The van der Waals surface area contributed by atoms with E-state index in [2.05, 4.69) is 46.5 Å². The Labute approximate surface area is 150 Å². The number of aromatic nitrogens is 2. The van der Waals surface area contributed by atoms with Crippen LogP contribution in [-0.2, 0) is 19.6 Å². The van der Waals surface area contributed by atoms with Crippen molar-refractivity contribution in [1.29, 1.82) is 0 Å². The number of hydrogen-bond acceptors (Lipinski definition) is 3. The second-order valence-electron chi connectivity index (χ2n) is 6.77. The van der Waals surface area contributed by atoms with Gasteiger partial charge in [0.2, 0.25) is 0 Å². The quantitative estimate of drug-likeness (QED) is 0.751. The summed E-state index contributed by atoms with van der Waals surface area (Å²) in [6, 6.07) is 12.4. The van der Waals surface area contributed by atoms with Gasteiger partial charge in [-0.1, -0.05) is 56.5 Å². The summed E-state index contributed by atoms with van der Waals surface area (Å²) >= 11 is 0. The Bertz CT molecular complexity index is 680. The van der Waals surface area contributed by atoms with Gasteiger partial charge in [0, 0.05) is 31.7 Å². The maximum atomic E-state index is 12.3. The van der Waals surface area contributed by atoms with Gasteiger partial charge < -0.3 is 5.32 Å². The van der Waals surface area contributed by atoms with Gasteiger partial charge in [0.25, 0.3) is 5.91 Å². The highest BCUT2D eigenvalue weighted by atomic mass is 16.1. The Kier molecular flexibility index (Phi) is 6.23. The first kappa shape index (κ1) is 17.7. The van der Waals surface area contributed by atoms with E-state index in [1.54, 1.807) is 0 Å².